The summed E-state index contributed by atoms with van der Waals surface area (Å²) in [7, 11) is -4.28. The largest absolute Gasteiger partial charge is 0.465 e. The van der Waals surface area contributed by atoms with E-state index in [0.717, 1.165) is 60.8 Å². The fourth-order valence-corrected chi connectivity index (χ4v) is 13.0. The molecule has 10 heteroatoms. The number of esters is 2. The van der Waals surface area contributed by atoms with E-state index < -0.39 is 48.4 Å². The van der Waals surface area contributed by atoms with Crippen LogP contribution in [-0.4, -0.2) is 48.8 Å². The van der Waals surface area contributed by atoms with Crippen LogP contribution in [0.15, 0.2) is 115 Å². The number of benzene rings is 4. The molecular formula is C47H54NO8P. The van der Waals surface area contributed by atoms with Crippen molar-refractivity contribution in [3.8, 4) is 11.1 Å². The number of alkyl carbamates (subject to hydrolysis) is 1. The van der Waals surface area contributed by atoms with Crippen molar-refractivity contribution >= 4 is 25.4 Å². The molecule has 2 atom stereocenters. The van der Waals surface area contributed by atoms with Gasteiger partial charge in [-0.25, -0.2) is 4.79 Å². The van der Waals surface area contributed by atoms with E-state index >= 15 is 4.57 Å². The van der Waals surface area contributed by atoms with Crippen LogP contribution in [0, 0.1) is 23.2 Å². The highest BCUT2D eigenvalue weighted by Gasteiger charge is 2.60. The molecule has 0 saturated heterocycles. The Labute approximate surface area is 336 Å². The topological polar surface area (TPSA) is 117 Å². The highest BCUT2D eigenvalue weighted by molar-refractivity contribution is 7.60. The van der Waals surface area contributed by atoms with Crippen molar-refractivity contribution in [2.24, 2.45) is 23.2 Å². The van der Waals surface area contributed by atoms with Crippen LogP contribution < -0.4 is 5.32 Å². The summed E-state index contributed by atoms with van der Waals surface area (Å²) in [6.45, 7) is 3.33. The van der Waals surface area contributed by atoms with Gasteiger partial charge in [0.2, 0.25) is 7.37 Å². The Bertz CT molecular complexity index is 1970. The zero-order valence-electron chi connectivity index (χ0n) is 33.0. The normalized spacial score (nSPS) is 22.5. The molecule has 4 saturated carbocycles. The van der Waals surface area contributed by atoms with Crippen molar-refractivity contribution < 1.29 is 37.7 Å². The van der Waals surface area contributed by atoms with Crippen LogP contribution in [-0.2, 0) is 52.3 Å². The molecule has 2 unspecified atom stereocenters. The molecule has 0 heterocycles. The Kier molecular flexibility index (Phi) is 12.7. The molecule has 1 amide bonds. The Balaban J connectivity index is 1.31. The summed E-state index contributed by atoms with van der Waals surface area (Å²) in [5.74, 6) is -1.48. The monoisotopic (exact) mass is 791 g/mol. The smallest absolute Gasteiger partial charge is 0.408 e. The molecule has 4 aromatic rings. The van der Waals surface area contributed by atoms with Crippen LogP contribution >= 0.6 is 7.37 Å². The van der Waals surface area contributed by atoms with E-state index in [4.69, 9.17) is 18.7 Å². The number of hydrogen-bond donors (Lipinski definition) is 1. The van der Waals surface area contributed by atoms with Crippen molar-refractivity contribution in [3.05, 3.63) is 132 Å². The number of hydrogen-bond acceptors (Lipinski definition) is 8. The van der Waals surface area contributed by atoms with Gasteiger partial charge in [0, 0.05) is 6.42 Å². The standard InChI is InChI=1S/C47H54NO8P/c1-3-53-43(49)47(44(50)54-4-2,31-35-20-22-41(23-21-35)40-18-12-7-13-19-40)33-57(52,56-46-28-37-24-38(29-46)26-39(25-37)30-46)42(27-34-14-8-5-9-15-34)48-45(51)55-32-36-16-10-6-11-17-36/h5-23,37-39,42H,3-4,24-33H2,1-2H3,(H,48,51). The van der Waals surface area contributed by atoms with Crippen molar-refractivity contribution in [3.63, 3.8) is 0 Å². The first-order valence-electron chi connectivity index (χ1n) is 20.4. The lowest BCUT2D eigenvalue weighted by Crippen LogP contribution is -2.54. The summed E-state index contributed by atoms with van der Waals surface area (Å²) in [6.07, 6.45) is 4.25. The van der Waals surface area contributed by atoms with Crippen LogP contribution in [0.2, 0.25) is 0 Å². The minimum absolute atomic E-state index is 0.000563. The van der Waals surface area contributed by atoms with Crippen molar-refractivity contribution in [2.75, 3.05) is 19.4 Å². The van der Waals surface area contributed by atoms with Gasteiger partial charge in [0.05, 0.1) is 25.0 Å². The third kappa shape index (κ3) is 9.54. The van der Waals surface area contributed by atoms with Gasteiger partial charge in [0.25, 0.3) is 0 Å². The number of ether oxygens (including phenoxy) is 3. The average Bonchev–Trinajstić information content (AvgIpc) is 3.20. The lowest BCUT2D eigenvalue weighted by Gasteiger charge is -2.57. The predicted molar refractivity (Wildman–Crippen MR) is 219 cm³/mol. The lowest BCUT2D eigenvalue weighted by molar-refractivity contribution is -0.170. The highest BCUT2D eigenvalue weighted by Crippen LogP contribution is 2.66. The SMILES string of the molecule is CCOC(=O)C(Cc1ccc(-c2ccccc2)cc1)(CP(=O)(OC12CC3CC(CC(C3)C1)C2)C(Cc1ccccc1)NC(=O)OCc1ccccc1)C(=O)OCC. The summed E-state index contributed by atoms with van der Waals surface area (Å²) in [4.78, 5) is 42.9. The van der Waals surface area contributed by atoms with Gasteiger partial charge >= 0.3 is 18.0 Å². The van der Waals surface area contributed by atoms with Gasteiger partial charge in [-0.05, 0) is 104 Å². The zero-order chi connectivity index (χ0) is 39.9. The second-order valence-corrected chi connectivity index (χ2v) is 18.8. The molecule has 0 aromatic heterocycles. The molecule has 4 bridgehead atoms. The van der Waals surface area contributed by atoms with E-state index in [2.05, 4.69) is 5.32 Å². The quantitative estimate of drug-likeness (QED) is 0.0487. The van der Waals surface area contributed by atoms with Crippen LogP contribution in [0.5, 0.6) is 0 Å². The van der Waals surface area contributed by atoms with Crippen LogP contribution in [0.1, 0.15) is 69.1 Å². The number of rotatable bonds is 17. The molecule has 8 rings (SSSR count). The molecule has 4 fully saturated rings. The van der Waals surface area contributed by atoms with E-state index in [1.54, 1.807) is 13.8 Å². The maximum Gasteiger partial charge on any atom is 0.408 e. The van der Waals surface area contributed by atoms with Gasteiger partial charge in [-0.15, -0.1) is 0 Å². The molecule has 0 aliphatic heterocycles. The highest BCUT2D eigenvalue weighted by atomic mass is 31.2. The van der Waals surface area contributed by atoms with Gasteiger partial charge < -0.3 is 24.1 Å². The molecule has 1 N–H and O–H groups in total. The first-order chi connectivity index (χ1) is 27.6. The van der Waals surface area contributed by atoms with Crippen molar-refractivity contribution in [1.82, 2.24) is 5.32 Å². The van der Waals surface area contributed by atoms with Gasteiger partial charge in [-0.3, -0.25) is 14.2 Å². The summed E-state index contributed by atoms with van der Waals surface area (Å²) >= 11 is 0. The Morgan fingerprint density at radius 1 is 0.667 bits per heavy atom. The molecule has 4 aliphatic carbocycles. The summed E-state index contributed by atoms with van der Waals surface area (Å²) < 4.78 is 41.0. The number of nitrogens with one attached hydrogen (secondary N) is 1. The third-order valence-electron chi connectivity index (χ3n) is 12.0. The summed E-state index contributed by atoms with van der Waals surface area (Å²) in [6, 6.07) is 36.3. The minimum Gasteiger partial charge on any atom is -0.465 e. The third-order valence-corrected chi connectivity index (χ3v) is 14.9. The summed E-state index contributed by atoms with van der Waals surface area (Å²) in [5.41, 5.74) is 1.45. The Hall–Kier alpha value is -4.72. The molecule has 4 aliphatic rings. The van der Waals surface area contributed by atoms with Crippen molar-refractivity contribution in [1.29, 1.82) is 0 Å². The van der Waals surface area contributed by atoms with E-state index in [9.17, 15) is 14.4 Å². The Morgan fingerprint density at radius 3 is 1.68 bits per heavy atom. The molecule has 4 aromatic carbocycles. The molecule has 57 heavy (non-hydrogen) atoms. The summed E-state index contributed by atoms with van der Waals surface area (Å²) in [5, 5.41) is 2.96. The minimum atomic E-state index is -4.28. The molecule has 9 nitrogen and oxygen atoms in total. The van der Waals surface area contributed by atoms with Crippen LogP contribution in [0.25, 0.3) is 11.1 Å². The zero-order valence-corrected chi connectivity index (χ0v) is 33.9. The lowest BCUT2D eigenvalue weighted by atomic mass is 9.54. The maximum absolute atomic E-state index is 16.6. The van der Waals surface area contributed by atoms with Gasteiger partial charge in [-0.1, -0.05) is 115 Å². The fourth-order valence-electron chi connectivity index (χ4n) is 9.82. The number of carbonyl (C=O) groups is 3. The van der Waals surface area contributed by atoms with Gasteiger partial charge in [0.15, 0.2) is 5.41 Å². The predicted octanol–water partition coefficient (Wildman–Crippen LogP) is 9.77. The van der Waals surface area contributed by atoms with Crippen LogP contribution in [0.3, 0.4) is 0 Å². The van der Waals surface area contributed by atoms with Crippen molar-refractivity contribution in [2.45, 2.75) is 83.2 Å². The molecule has 300 valence electrons. The average molecular weight is 792 g/mol. The number of carbonyl (C=O) groups excluding carboxylic acids is 3. The van der Waals surface area contributed by atoms with E-state index in [1.807, 2.05) is 115 Å². The van der Waals surface area contributed by atoms with Gasteiger partial charge in [0.1, 0.15) is 12.4 Å². The van der Waals surface area contributed by atoms with E-state index in [1.165, 1.54) is 0 Å². The molecular weight excluding hydrogens is 737 g/mol. The molecule has 0 radical (unpaired) electrons. The van der Waals surface area contributed by atoms with Gasteiger partial charge in [-0.2, -0.15) is 0 Å². The second kappa shape index (κ2) is 17.8. The maximum atomic E-state index is 16.6. The second-order valence-electron chi connectivity index (χ2n) is 16.3. The van der Waals surface area contributed by atoms with Crippen LogP contribution in [0.4, 0.5) is 4.79 Å². The first kappa shape index (κ1) is 40.5. The van der Waals surface area contributed by atoms with E-state index in [-0.39, 0.29) is 32.7 Å². The Morgan fingerprint density at radius 2 is 1.16 bits per heavy atom. The fraction of sp³-hybridized carbons (Fsp3) is 0.426. The first-order valence-corrected chi connectivity index (χ1v) is 22.3. The molecule has 0 spiro atoms. The van der Waals surface area contributed by atoms with E-state index in [0.29, 0.717) is 23.3 Å². The number of amides is 1.